The SMILES string of the molecule is Cc1nc2sc(C(=O)N[C@@H]3COc4cc(N5CC6CCC(C5)N6)ccc4C3)c(N)c2s1. The van der Waals surface area contributed by atoms with Gasteiger partial charge in [0.05, 0.1) is 21.4 Å². The maximum Gasteiger partial charge on any atom is 0.263 e. The van der Waals surface area contributed by atoms with E-state index in [2.05, 4.69) is 38.7 Å². The van der Waals surface area contributed by atoms with E-state index in [4.69, 9.17) is 10.5 Å². The van der Waals surface area contributed by atoms with E-state index in [1.807, 2.05) is 6.92 Å². The van der Waals surface area contributed by atoms with E-state index in [0.29, 0.717) is 29.3 Å². The number of aromatic nitrogens is 1. The number of nitrogens with zero attached hydrogens (tertiary/aromatic N) is 2. The molecule has 2 unspecified atom stereocenters. The van der Waals surface area contributed by atoms with Gasteiger partial charge in [0.2, 0.25) is 0 Å². The molecule has 3 atom stereocenters. The molecular weight excluding hydrogens is 430 g/mol. The predicted octanol–water partition coefficient (Wildman–Crippen LogP) is 2.92. The third-order valence-corrected chi connectivity index (χ3v) is 8.70. The predicted molar refractivity (Wildman–Crippen MR) is 126 cm³/mol. The minimum absolute atomic E-state index is 0.0740. The Balaban J connectivity index is 1.15. The van der Waals surface area contributed by atoms with Crippen molar-refractivity contribution in [3.8, 4) is 5.75 Å². The summed E-state index contributed by atoms with van der Waals surface area (Å²) in [5, 5.41) is 7.75. The molecule has 2 bridgehead atoms. The summed E-state index contributed by atoms with van der Waals surface area (Å²) in [6.45, 7) is 4.53. The zero-order chi connectivity index (χ0) is 21.1. The lowest BCUT2D eigenvalue weighted by Crippen LogP contribution is -2.51. The molecule has 9 heteroatoms. The molecule has 2 fully saturated rings. The monoisotopic (exact) mass is 455 g/mol. The van der Waals surface area contributed by atoms with Crippen LogP contribution in [-0.4, -0.2) is 48.7 Å². The van der Waals surface area contributed by atoms with Gasteiger partial charge in [0.15, 0.2) is 0 Å². The Morgan fingerprint density at radius 2 is 2.10 bits per heavy atom. The van der Waals surface area contributed by atoms with Gasteiger partial charge in [-0.1, -0.05) is 6.07 Å². The number of thiophene rings is 1. The van der Waals surface area contributed by atoms with Crippen LogP contribution in [0.5, 0.6) is 5.75 Å². The van der Waals surface area contributed by atoms with Crippen LogP contribution in [0.15, 0.2) is 18.2 Å². The molecule has 3 aliphatic heterocycles. The fourth-order valence-electron chi connectivity index (χ4n) is 4.98. The first-order chi connectivity index (χ1) is 15.0. The van der Waals surface area contributed by atoms with Gasteiger partial charge >= 0.3 is 0 Å². The number of nitrogens with one attached hydrogen (secondary N) is 2. The van der Waals surface area contributed by atoms with E-state index in [9.17, 15) is 4.79 Å². The fraction of sp³-hybridized carbons (Fsp3) is 0.455. The van der Waals surface area contributed by atoms with Crippen molar-refractivity contribution in [1.29, 1.82) is 0 Å². The van der Waals surface area contributed by atoms with Crippen molar-refractivity contribution in [1.82, 2.24) is 15.6 Å². The van der Waals surface area contributed by atoms with E-state index in [1.165, 1.54) is 41.2 Å². The van der Waals surface area contributed by atoms with Crippen molar-refractivity contribution in [2.45, 2.75) is 44.3 Å². The van der Waals surface area contributed by atoms with Crippen LogP contribution in [0, 0.1) is 6.92 Å². The Morgan fingerprint density at radius 1 is 1.29 bits per heavy atom. The Hall–Kier alpha value is -2.36. The number of hydrogen-bond donors (Lipinski definition) is 3. The lowest BCUT2D eigenvalue weighted by Gasteiger charge is -2.35. The summed E-state index contributed by atoms with van der Waals surface area (Å²) in [5.41, 5.74) is 9.13. The largest absolute Gasteiger partial charge is 0.491 e. The molecule has 0 radical (unpaired) electrons. The van der Waals surface area contributed by atoms with Crippen LogP contribution in [0.1, 0.15) is 33.1 Å². The lowest BCUT2D eigenvalue weighted by atomic mass is 10.0. The highest BCUT2D eigenvalue weighted by atomic mass is 32.1. The number of ether oxygens (including phenoxy) is 1. The third kappa shape index (κ3) is 3.44. The van der Waals surface area contributed by atoms with Gasteiger partial charge < -0.3 is 26.0 Å². The minimum Gasteiger partial charge on any atom is -0.491 e. The highest BCUT2D eigenvalue weighted by Crippen LogP contribution is 2.37. The second-order valence-electron chi connectivity index (χ2n) is 8.73. The van der Waals surface area contributed by atoms with Crippen LogP contribution in [0.3, 0.4) is 0 Å². The lowest BCUT2D eigenvalue weighted by molar-refractivity contribution is 0.0920. The van der Waals surface area contributed by atoms with Gasteiger partial charge in [0.25, 0.3) is 5.91 Å². The second kappa shape index (κ2) is 7.36. The number of benzene rings is 1. The summed E-state index contributed by atoms with van der Waals surface area (Å²) in [5.74, 6) is 0.792. The molecule has 4 N–H and O–H groups in total. The van der Waals surface area contributed by atoms with E-state index in [0.717, 1.165) is 45.4 Å². The molecule has 0 saturated carbocycles. The van der Waals surface area contributed by atoms with Crippen molar-refractivity contribution in [3.63, 3.8) is 0 Å². The maximum absolute atomic E-state index is 12.9. The molecule has 162 valence electrons. The Kier molecular flexibility index (Phi) is 4.59. The maximum atomic E-state index is 12.9. The number of thiazole rings is 1. The molecule has 5 heterocycles. The molecule has 6 rings (SSSR count). The number of carbonyl (C=O) groups excluding carboxylic acids is 1. The zero-order valence-corrected chi connectivity index (χ0v) is 18.9. The summed E-state index contributed by atoms with van der Waals surface area (Å²) in [6.07, 6.45) is 3.30. The first-order valence-corrected chi connectivity index (χ1v) is 12.4. The zero-order valence-electron chi connectivity index (χ0n) is 17.3. The van der Waals surface area contributed by atoms with E-state index < -0.39 is 0 Å². The second-order valence-corrected chi connectivity index (χ2v) is 10.9. The molecule has 7 nitrogen and oxygen atoms in total. The molecular formula is C22H25N5O2S2. The van der Waals surface area contributed by atoms with Crippen LogP contribution >= 0.6 is 22.7 Å². The third-order valence-electron chi connectivity index (χ3n) is 6.47. The number of nitrogens with two attached hydrogens (primary N) is 1. The highest BCUT2D eigenvalue weighted by Gasteiger charge is 2.33. The summed E-state index contributed by atoms with van der Waals surface area (Å²) in [7, 11) is 0. The van der Waals surface area contributed by atoms with Crippen LogP contribution in [0.25, 0.3) is 9.53 Å². The summed E-state index contributed by atoms with van der Waals surface area (Å²) >= 11 is 2.89. The number of aryl methyl sites for hydroxylation is 1. The van der Waals surface area contributed by atoms with Gasteiger partial charge in [-0.2, -0.15) is 0 Å². The normalized spacial score (nSPS) is 24.8. The molecule has 1 amide bonds. The van der Waals surface area contributed by atoms with Gasteiger partial charge in [-0.05, 0) is 37.8 Å². The number of fused-ring (bicyclic) bond motifs is 4. The van der Waals surface area contributed by atoms with Crippen LogP contribution in [-0.2, 0) is 6.42 Å². The van der Waals surface area contributed by atoms with Gasteiger partial charge in [-0.15, -0.1) is 22.7 Å². The topological polar surface area (TPSA) is 92.5 Å². The number of anilines is 2. The number of piperazine rings is 1. The number of carbonyl (C=O) groups is 1. The van der Waals surface area contributed by atoms with Crippen LogP contribution < -0.4 is 26.0 Å². The molecule has 1 aromatic carbocycles. The van der Waals surface area contributed by atoms with Gasteiger partial charge in [-0.3, -0.25) is 4.79 Å². The molecule has 2 aromatic heterocycles. The highest BCUT2D eigenvalue weighted by molar-refractivity contribution is 7.29. The standard InChI is InChI=1S/C22H25N5O2S2/c1-11-24-22-20(30-11)18(23)19(31-22)21(28)26-15-6-12-2-5-16(7-17(12)29-10-15)27-8-13-3-4-14(9-27)25-13/h2,5,7,13-15,25H,3-4,6,8-10,23H2,1H3,(H,26,28)/t13?,14?,15-/m0/s1. The van der Waals surface area contributed by atoms with Crippen molar-refractivity contribution in [3.05, 3.63) is 33.6 Å². The summed E-state index contributed by atoms with van der Waals surface area (Å²) in [4.78, 5) is 21.2. The Bertz CT molecular complexity index is 1160. The molecule has 0 spiro atoms. The quantitative estimate of drug-likeness (QED) is 0.562. The van der Waals surface area contributed by atoms with E-state index in [-0.39, 0.29) is 11.9 Å². The van der Waals surface area contributed by atoms with Gasteiger partial charge in [-0.25, -0.2) is 4.98 Å². The Labute approximate surface area is 188 Å². The van der Waals surface area contributed by atoms with Crippen molar-refractivity contribution in [2.75, 3.05) is 30.3 Å². The number of rotatable bonds is 3. The number of nitrogen functional groups attached to an aromatic ring is 1. The average molecular weight is 456 g/mol. The summed E-state index contributed by atoms with van der Waals surface area (Å²) in [6, 6.07) is 7.64. The molecule has 31 heavy (non-hydrogen) atoms. The fourth-order valence-corrected chi connectivity index (χ4v) is 7.07. The van der Waals surface area contributed by atoms with Crippen molar-refractivity contribution >= 4 is 49.5 Å². The van der Waals surface area contributed by atoms with Gasteiger partial charge in [0, 0.05) is 36.9 Å². The Morgan fingerprint density at radius 3 is 2.87 bits per heavy atom. The smallest absolute Gasteiger partial charge is 0.263 e. The molecule has 2 saturated heterocycles. The number of hydrogen-bond acceptors (Lipinski definition) is 8. The van der Waals surface area contributed by atoms with Crippen LogP contribution in [0.2, 0.25) is 0 Å². The first kappa shape index (κ1) is 19.3. The minimum atomic E-state index is -0.143. The summed E-state index contributed by atoms with van der Waals surface area (Å²) < 4.78 is 6.98. The number of amides is 1. The molecule has 3 aliphatic rings. The van der Waals surface area contributed by atoms with Crippen molar-refractivity contribution < 1.29 is 9.53 Å². The van der Waals surface area contributed by atoms with Crippen LogP contribution in [0.4, 0.5) is 11.4 Å². The molecule has 3 aromatic rings. The average Bonchev–Trinajstić information content (AvgIpc) is 3.40. The van der Waals surface area contributed by atoms with Crippen molar-refractivity contribution in [2.24, 2.45) is 0 Å². The van der Waals surface area contributed by atoms with Gasteiger partial charge in [0.1, 0.15) is 22.1 Å². The van der Waals surface area contributed by atoms with E-state index in [1.54, 1.807) is 0 Å². The molecule has 0 aliphatic carbocycles. The first-order valence-electron chi connectivity index (χ1n) is 10.8. The van der Waals surface area contributed by atoms with E-state index >= 15 is 0 Å².